The molecule has 0 aromatic heterocycles. The number of thioether (sulfide) groups is 1. The van der Waals surface area contributed by atoms with Crippen molar-refractivity contribution in [2.75, 3.05) is 25.1 Å². The van der Waals surface area contributed by atoms with Crippen LogP contribution in [0.5, 0.6) is 0 Å². The van der Waals surface area contributed by atoms with Crippen molar-refractivity contribution in [3.63, 3.8) is 0 Å². The number of carbonyl (C=O) groups excluding carboxylic acids is 1. The van der Waals surface area contributed by atoms with Gasteiger partial charge in [-0.3, -0.25) is 20.2 Å². The molecule has 0 bridgehead atoms. The van der Waals surface area contributed by atoms with Crippen LogP contribution in [-0.4, -0.2) is 40.8 Å². The Bertz CT molecular complexity index is 550. The monoisotopic (exact) mass is 309 g/mol. The zero-order valence-corrected chi connectivity index (χ0v) is 13.0. The van der Waals surface area contributed by atoms with Gasteiger partial charge in [-0.25, -0.2) is 0 Å². The standard InChI is InChI=1S/C14H19N3O3S/c1-10-4-5-11(8-12(10)17(19)20)14-15-9-13(18)16(14)6-3-7-21-2/h4-5,8,14-15H,3,6-7,9H2,1-2H3. The second kappa shape index (κ2) is 6.91. The van der Waals surface area contributed by atoms with E-state index in [2.05, 4.69) is 5.32 Å². The first-order valence-electron chi connectivity index (χ1n) is 6.81. The molecule has 114 valence electrons. The van der Waals surface area contributed by atoms with Crippen molar-refractivity contribution in [3.8, 4) is 0 Å². The summed E-state index contributed by atoms with van der Waals surface area (Å²) in [6.07, 6.45) is 2.68. The largest absolute Gasteiger partial charge is 0.322 e. The Hall–Kier alpha value is -1.60. The minimum absolute atomic E-state index is 0.0457. The Balaban J connectivity index is 2.21. The topological polar surface area (TPSA) is 75.5 Å². The first-order chi connectivity index (χ1) is 10.0. The predicted molar refractivity (Wildman–Crippen MR) is 83.3 cm³/mol. The lowest BCUT2D eigenvalue weighted by molar-refractivity contribution is -0.385. The zero-order chi connectivity index (χ0) is 15.4. The van der Waals surface area contributed by atoms with Gasteiger partial charge in [0.05, 0.1) is 11.5 Å². The van der Waals surface area contributed by atoms with Crippen molar-refractivity contribution in [1.82, 2.24) is 10.2 Å². The fourth-order valence-electron chi connectivity index (χ4n) is 2.46. The number of hydrogen-bond acceptors (Lipinski definition) is 5. The van der Waals surface area contributed by atoms with Gasteiger partial charge in [0.2, 0.25) is 5.91 Å². The number of hydrogen-bond donors (Lipinski definition) is 1. The third-order valence-corrected chi connectivity index (χ3v) is 4.27. The molecular weight excluding hydrogens is 290 g/mol. The number of amides is 1. The van der Waals surface area contributed by atoms with E-state index in [1.807, 2.05) is 12.3 Å². The van der Waals surface area contributed by atoms with Gasteiger partial charge in [0.1, 0.15) is 6.17 Å². The van der Waals surface area contributed by atoms with E-state index >= 15 is 0 Å². The van der Waals surface area contributed by atoms with Crippen LogP contribution in [0.1, 0.15) is 23.7 Å². The van der Waals surface area contributed by atoms with Crippen molar-refractivity contribution in [2.45, 2.75) is 19.5 Å². The highest BCUT2D eigenvalue weighted by Gasteiger charge is 2.32. The van der Waals surface area contributed by atoms with Crippen LogP contribution in [0, 0.1) is 17.0 Å². The molecule has 1 unspecified atom stereocenters. The van der Waals surface area contributed by atoms with Crippen LogP contribution < -0.4 is 5.32 Å². The van der Waals surface area contributed by atoms with E-state index in [0.29, 0.717) is 12.1 Å². The first kappa shape index (κ1) is 15.8. The summed E-state index contributed by atoms with van der Waals surface area (Å²) < 4.78 is 0. The highest BCUT2D eigenvalue weighted by Crippen LogP contribution is 2.27. The van der Waals surface area contributed by atoms with Gasteiger partial charge in [0.25, 0.3) is 5.69 Å². The average molecular weight is 309 g/mol. The molecule has 1 N–H and O–H groups in total. The number of benzene rings is 1. The molecule has 1 aromatic carbocycles. The molecule has 2 rings (SSSR count). The number of nitro benzene ring substituents is 1. The maximum atomic E-state index is 12.0. The third-order valence-electron chi connectivity index (χ3n) is 3.57. The first-order valence-corrected chi connectivity index (χ1v) is 8.20. The molecule has 7 heteroatoms. The van der Waals surface area contributed by atoms with E-state index in [0.717, 1.165) is 17.7 Å². The summed E-state index contributed by atoms with van der Waals surface area (Å²) in [6, 6.07) is 5.14. The smallest absolute Gasteiger partial charge is 0.272 e. The van der Waals surface area contributed by atoms with Gasteiger partial charge >= 0.3 is 0 Å². The number of nitrogens with zero attached hydrogens (tertiary/aromatic N) is 2. The van der Waals surface area contributed by atoms with E-state index in [4.69, 9.17) is 0 Å². The van der Waals surface area contributed by atoms with Gasteiger partial charge < -0.3 is 4.90 Å². The fraction of sp³-hybridized carbons (Fsp3) is 0.500. The molecule has 1 amide bonds. The lowest BCUT2D eigenvalue weighted by atomic mass is 10.1. The van der Waals surface area contributed by atoms with Gasteiger partial charge in [0.15, 0.2) is 0 Å². The van der Waals surface area contributed by atoms with Gasteiger partial charge in [-0.15, -0.1) is 0 Å². The predicted octanol–water partition coefficient (Wildman–Crippen LogP) is 2.09. The molecule has 1 heterocycles. The van der Waals surface area contributed by atoms with Gasteiger partial charge in [-0.2, -0.15) is 11.8 Å². The lowest BCUT2D eigenvalue weighted by Crippen LogP contribution is -2.31. The maximum Gasteiger partial charge on any atom is 0.272 e. The van der Waals surface area contributed by atoms with E-state index < -0.39 is 0 Å². The second-order valence-corrected chi connectivity index (χ2v) is 6.01. The Morgan fingerprint density at radius 1 is 1.52 bits per heavy atom. The van der Waals surface area contributed by atoms with Crippen molar-refractivity contribution in [3.05, 3.63) is 39.4 Å². The summed E-state index contributed by atoms with van der Waals surface area (Å²) in [4.78, 5) is 24.4. The lowest BCUT2D eigenvalue weighted by Gasteiger charge is -2.24. The van der Waals surface area contributed by atoms with Gasteiger partial charge in [-0.05, 0) is 30.9 Å². The van der Waals surface area contributed by atoms with Crippen LogP contribution in [-0.2, 0) is 4.79 Å². The molecule has 21 heavy (non-hydrogen) atoms. The summed E-state index contributed by atoms with van der Waals surface area (Å²) in [5, 5.41) is 14.2. The molecule has 1 aromatic rings. The quantitative estimate of drug-likeness (QED) is 0.495. The Kier molecular flexibility index (Phi) is 5.19. The van der Waals surface area contributed by atoms with Crippen LogP contribution >= 0.6 is 11.8 Å². The van der Waals surface area contributed by atoms with Crippen LogP contribution in [0.2, 0.25) is 0 Å². The van der Waals surface area contributed by atoms with E-state index in [1.54, 1.807) is 35.7 Å². The summed E-state index contributed by atoms with van der Waals surface area (Å²) in [5.41, 5.74) is 1.49. The fourth-order valence-corrected chi connectivity index (χ4v) is 2.88. The Labute approximate surface area is 128 Å². The molecule has 6 nitrogen and oxygen atoms in total. The molecule has 1 fully saturated rings. The third kappa shape index (κ3) is 3.54. The van der Waals surface area contributed by atoms with Crippen LogP contribution in [0.4, 0.5) is 5.69 Å². The van der Waals surface area contributed by atoms with Crippen molar-refractivity contribution in [2.24, 2.45) is 0 Å². The maximum absolute atomic E-state index is 12.0. The molecule has 1 aliphatic rings. The van der Waals surface area contributed by atoms with Gasteiger partial charge in [-0.1, -0.05) is 12.1 Å². The van der Waals surface area contributed by atoms with Crippen molar-refractivity contribution >= 4 is 23.4 Å². The van der Waals surface area contributed by atoms with Crippen LogP contribution in [0.25, 0.3) is 0 Å². The van der Waals surface area contributed by atoms with Crippen LogP contribution in [0.15, 0.2) is 18.2 Å². The summed E-state index contributed by atoms with van der Waals surface area (Å²) in [5.74, 6) is 1.04. The van der Waals surface area contributed by atoms with Crippen LogP contribution in [0.3, 0.4) is 0 Å². The zero-order valence-electron chi connectivity index (χ0n) is 12.2. The Morgan fingerprint density at radius 2 is 2.29 bits per heavy atom. The second-order valence-electron chi connectivity index (χ2n) is 5.02. The molecule has 0 saturated carbocycles. The van der Waals surface area contributed by atoms with E-state index in [1.165, 1.54) is 0 Å². The average Bonchev–Trinajstić information content (AvgIpc) is 2.81. The molecule has 0 aliphatic carbocycles. The van der Waals surface area contributed by atoms with E-state index in [9.17, 15) is 14.9 Å². The molecule has 0 spiro atoms. The highest BCUT2D eigenvalue weighted by molar-refractivity contribution is 7.98. The van der Waals surface area contributed by atoms with Crippen molar-refractivity contribution in [1.29, 1.82) is 0 Å². The molecule has 1 atom stereocenters. The number of nitrogens with one attached hydrogen (secondary N) is 1. The minimum Gasteiger partial charge on any atom is -0.322 e. The minimum atomic E-state index is -0.381. The Morgan fingerprint density at radius 3 is 2.95 bits per heavy atom. The molecule has 1 aliphatic heterocycles. The van der Waals surface area contributed by atoms with Gasteiger partial charge in [0, 0.05) is 18.2 Å². The summed E-state index contributed by atoms with van der Waals surface area (Å²) in [7, 11) is 0. The van der Waals surface area contributed by atoms with E-state index in [-0.39, 0.29) is 29.2 Å². The SMILES string of the molecule is CSCCCN1C(=O)CNC1c1ccc(C)c([N+](=O)[O-])c1. The molecular formula is C14H19N3O3S. The molecule has 1 saturated heterocycles. The summed E-state index contributed by atoms with van der Waals surface area (Å²) >= 11 is 1.74. The number of aryl methyl sites for hydroxylation is 1. The summed E-state index contributed by atoms with van der Waals surface area (Å²) in [6.45, 7) is 2.66. The molecule has 0 radical (unpaired) electrons. The normalized spacial score (nSPS) is 18.3. The van der Waals surface area contributed by atoms with Crippen molar-refractivity contribution < 1.29 is 9.72 Å². The number of carbonyl (C=O) groups is 1. The highest BCUT2D eigenvalue weighted by atomic mass is 32.2. The number of rotatable bonds is 6. The number of nitro groups is 1.